The molecule has 2 fully saturated rings. The zero-order chi connectivity index (χ0) is 27.5. The van der Waals surface area contributed by atoms with E-state index in [1.165, 1.54) is 9.12 Å². The van der Waals surface area contributed by atoms with Gasteiger partial charge >= 0.3 is 6.01 Å². The predicted octanol–water partition coefficient (Wildman–Crippen LogP) is 4.85. The van der Waals surface area contributed by atoms with E-state index in [0.717, 1.165) is 48.0 Å². The van der Waals surface area contributed by atoms with Crippen LogP contribution >= 0.6 is 30.3 Å². The fourth-order valence-electron chi connectivity index (χ4n) is 5.23. The Labute approximate surface area is 241 Å². The highest BCUT2D eigenvalue weighted by Gasteiger charge is 2.34. The van der Waals surface area contributed by atoms with Crippen molar-refractivity contribution < 1.29 is 18.7 Å². The van der Waals surface area contributed by atoms with E-state index in [4.69, 9.17) is 4.74 Å². The lowest BCUT2D eigenvalue weighted by molar-refractivity contribution is -0.128. The number of anilines is 1. The number of carbonyl (C=O) groups excluding carboxylic acids is 1. The average molecular weight is 666 g/mol. The van der Waals surface area contributed by atoms with Crippen molar-refractivity contribution in [2.45, 2.75) is 45.7 Å². The molecule has 2 aliphatic rings. The van der Waals surface area contributed by atoms with Gasteiger partial charge in [-0.15, -0.1) is 0 Å². The minimum atomic E-state index is -0.467. The minimum absolute atomic E-state index is 0.191. The summed E-state index contributed by atoms with van der Waals surface area (Å²) in [6.45, 7) is 8.55. The molecule has 0 spiro atoms. The molecule has 13 heteroatoms. The van der Waals surface area contributed by atoms with Gasteiger partial charge in [0.25, 0.3) is 6.47 Å². The number of ether oxygens (including phenoxy) is 2. The van der Waals surface area contributed by atoms with E-state index >= 15 is 4.39 Å². The van der Waals surface area contributed by atoms with Crippen molar-refractivity contribution in [3.05, 3.63) is 35.9 Å². The molecule has 2 unspecified atom stereocenters. The summed E-state index contributed by atoms with van der Waals surface area (Å²) in [7, 11) is 1.47. The van der Waals surface area contributed by atoms with Crippen molar-refractivity contribution in [2.24, 2.45) is 0 Å². The van der Waals surface area contributed by atoms with Crippen LogP contribution in [0, 0.1) is 12.7 Å². The number of nitrogens with zero attached hydrogens (tertiary/aromatic N) is 6. The molecule has 0 amide bonds. The van der Waals surface area contributed by atoms with Crippen LogP contribution in [0.5, 0.6) is 6.01 Å². The van der Waals surface area contributed by atoms with Gasteiger partial charge in [0.15, 0.2) is 5.82 Å². The van der Waals surface area contributed by atoms with Gasteiger partial charge in [-0.05, 0) is 45.2 Å². The normalized spacial score (nSPS) is 18.2. The van der Waals surface area contributed by atoms with Crippen LogP contribution in [-0.2, 0) is 9.53 Å². The summed E-state index contributed by atoms with van der Waals surface area (Å²) in [6, 6.07) is 5.00. The molecule has 0 saturated carbocycles. The van der Waals surface area contributed by atoms with Crippen molar-refractivity contribution in [1.82, 2.24) is 29.5 Å². The van der Waals surface area contributed by atoms with Gasteiger partial charge in [-0.3, -0.25) is 9.78 Å². The third-order valence-corrected chi connectivity index (χ3v) is 8.44. The predicted molar refractivity (Wildman–Crippen MR) is 159 cm³/mol. The second-order valence-electron chi connectivity index (χ2n) is 9.32. The summed E-state index contributed by atoms with van der Waals surface area (Å²) in [5.41, 5.74) is 3.06. The van der Waals surface area contributed by atoms with E-state index in [-0.39, 0.29) is 17.2 Å². The molecule has 0 radical (unpaired) electrons. The van der Waals surface area contributed by atoms with Crippen LogP contribution in [0.3, 0.4) is 0 Å². The van der Waals surface area contributed by atoms with Gasteiger partial charge in [0, 0.05) is 72.6 Å². The molecule has 4 aromatic rings. The largest absolute Gasteiger partial charge is 0.468 e. The Morgan fingerprint density at radius 3 is 2.56 bits per heavy atom. The Morgan fingerprint density at radius 1 is 1.15 bits per heavy atom. The summed E-state index contributed by atoms with van der Waals surface area (Å²) >= 11 is 2.18. The second-order valence-corrected chi connectivity index (χ2v) is 11.0. The first-order valence-corrected chi connectivity index (χ1v) is 16.1. The number of hydrogen-bond acceptors (Lipinski definition) is 10. The lowest BCUT2D eigenvalue weighted by Crippen LogP contribution is -2.51. The molecule has 3 aromatic heterocycles. The maximum Gasteiger partial charge on any atom is 0.319 e. The molecule has 1 N–H and O–H groups in total. The molecule has 6 rings (SSSR count). The molecule has 1 aromatic carbocycles. The van der Waals surface area contributed by atoms with Gasteiger partial charge in [-0.25, -0.2) is 4.39 Å². The summed E-state index contributed by atoms with van der Waals surface area (Å²) in [4.78, 5) is 25.2. The van der Waals surface area contributed by atoms with Crippen molar-refractivity contribution in [1.29, 1.82) is 0 Å². The van der Waals surface area contributed by atoms with E-state index in [0.29, 0.717) is 43.0 Å². The number of hydrogen-bond donors (Lipinski definition) is 1. The maximum atomic E-state index is 16.2. The zero-order valence-corrected chi connectivity index (χ0v) is 24.8. The molecule has 2 aliphatic heterocycles. The number of halogens is 2. The lowest BCUT2D eigenvalue weighted by Gasteiger charge is -2.34. The number of rotatable bonds is 7. The maximum absolute atomic E-state index is 16.2. The fraction of sp³-hybridized carbons (Fsp3) is 0.423. The highest BCUT2D eigenvalue weighted by atomic mass is 127. The first-order valence-electron chi connectivity index (χ1n) is 12.8. The number of nitrogens with one attached hydrogen (secondary N) is 1. The Balaban J connectivity index is 0.000000567. The van der Waals surface area contributed by atoms with Crippen molar-refractivity contribution in [3.63, 3.8) is 0 Å². The number of aryl methyl sites for hydroxylation is 1. The fourth-order valence-corrected chi connectivity index (χ4v) is 6.48. The van der Waals surface area contributed by atoms with Gasteiger partial charge in [0.1, 0.15) is 17.0 Å². The van der Waals surface area contributed by atoms with E-state index < -0.39 is 5.82 Å². The van der Waals surface area contributed by atoms with Crippen LogP contribution in [-0.4, -0.2) is 69.0 Å². The number of fused-ring (bicyclic) bond motifs is 4. The number of piperazine rings is 1. The highest BCUT2D eigenvalue weighted by molar-refractivity contribution is 14.2. The van der Waals surface area contributed by atoms with Gasteiger partial charge in [0.05, 0.1) is 30.3 Å². The van der Waals surface area contributed by atoms with E-state index in [1.807, 2.05) is 30.1 Å². The number of pyridine rings is 1. The SMILES string of the molecule is CCOC=O.CCOc1nc(N2CC3CCC(C2)N3)c2cnc(-c3c(C)ccc4c3cnn4SI)c(F)c2n1. The standard InChI is InChI=1S/C23H23FIN7OS.C3H6O2/c1-3-33-23-29-20-16(22(30-23)31-10-13-5-6-14(11-31)28-13)8-26-21(19(20)24)18-12(2)4-7-17-15(18)9-27-32(17)34-25;1-2-5-3-4/h4,7-9,13-14,28H,3,5-6,10-11H2,1-2H3;3H,2H2,1H3. The molecule has 0 aliphatic carbocycles. The smallest absolute Gasteiger partial charge is 0.319 e. The van der Waals surface area contributed by atoms with Crippen molar-refractivity contribution in [2.75, 3.05) is 31.2 Å². The molecule has 2 bridgehead atoms. The molecule has 2 saturated heterocycles. The van der Waals surface area contributed by atoms with E-state index in [9.17, 15) is 4.79 Å². The number of aromatic nitrogens is 5. The van der Waals surface area contributed by atoms with Gasteiger partial charge in [-0.2, -0.15) is 19.2 Å². The van der Waals surface area contributed by atoms with Gasteiger partial charge < -0.3 is 19.7 Å². The quantitative estimate of drug-likeness (QED) is 0.218. The van der Waals surface area contributed by atoms with Crippen LogP contribution in [0.25, 0.3) is 33.1 Å². The number of benzene rings is 1. The molecular formula is C26H29FIN7O3S. The van der Waals surface area contributed by atoms with Crippen molar-refractivity contribution in [3.8, 4) is 17.3 Å². The Kier molecular flexibility index (Phi) is 8.67. The molecule has 10 nitrogen and oxygen atoms in total. The molecular weight excluding hydrogens is 636 g/mol. The molecule has 5 heterocycles. The summed E-state index contributed by atoms with van der Waals surface area (Å²) in [5.74, 6) is 0.222. The van der Waals surface area contributed by atoms with E-state index in [1.54, 1.807) is 19.3 Å². The topological polar surface area (TPSA) is 107 Å². The molecule has 39 heavy (non-hydrogen) atoms. The third kappa shape index (κ3) is 5.48. The van der Waals surface area contributed by atoms with Crippen LogP contribution in [0.1, 0.15) is 32.3 Å². The second kappa shape index (κ2) is 12.2. The van der Waals surface area contributed by atoms with Crippen LogP contribution in [0.2, 0.25) is 0 Å². The highest BCUT2D eigenvalue weighted by Crippen LogP contribution is 2.38. The monoisotopic (exact) mass is 665 g/mol. The molecule has 2 atom stereocenters. The summed E-state index contributed by atoms with van der Waals surface area (Å²) < 4.78 is 27.8. The average Bonchev–Trinajstić information content (AvgIpc) is 3.51. The van der Waals surface area contributed by atoms with Crippen molar-refractivity contribution >= 4 is 64.4 Å². The summed E-state index contributed by atoms with van der Waals surface area (Å²) in [5, 5.41) is 9.52. The van der Waals surface area contributed by atoms with Crippen LogP contribution < -0.4 is 15.0 Å². The minimum Gasteiger partial charge on any atom is -0.468 e. The third-order valence-electron chi connectivity index (χ3n) is 6.90. The number of carbonyl (C=O) groups is 1. The first-order chi connectivity index (χ1) is 19.0. The van der Waals surface area contributed by atoms with Gasteiger partial charge in [-0.1, -0.05) is 6.07 Å². The van der Waals surface area contributed by atoms with Crippen LogP contribution in [0.4, 0.5) is 10.2 Å². The zero-order valence-electron chi connectivity index (χ0n) is 21.9. The summed E-state index contributed by atoms with van der Waals surface area (Å²) in [6.07, 6.45) is 5.76. The first kappa shape index (κ1) is 27.8. The molecule has 206 valence electrons. The Morgan fingerprint density at radius 2 is 1.92 bits per heavy atom. The lowest BCUT2D eigenvalue weighted by atomic mass is 10.00. The van der Waals surface area contributed by atoms with Crippen LogP contribution in [0.15, 0.2) is 24.5 Å². The van der Waals surface area contributed by atoms with Gasteiger partial charge in [0.2, 0.25) is 0 Å². The Bertz CT molecular complexity index is 1490. The Hall–Kier alpha value is -2.78. The van der Waals surface area contributed by atoms with E-state index in [2.05, 4.69) is 56.2 Å².